The number of hydrogen-bond acceptors (Lipinski definition) is 4. The van der Waals surface area contributed by atoms with Crippen molar-refractivity contribution in [3.05, 3.63) is 52.3 Å². The summed E-state index contributed by atoms with van der Waals surface area (Å²) in [6.45, 7) is 2.01. The Morgan fingerprint density at radius 2 is 2.18 bits per heavy atom. The molecule has 1 amide bonds. The third-order valence-corrected chi connectivity index (χ3v) is 3.45. The van der Waals surface area contributed by atoms with E-state index in [1.807, 2.05) is 6.92 Å². The summed E-state index contributed by atoms with van der Waals surface area (Å²) in [7, 11) is 0. The lowest BCUT2D eigenvalue weighted by molar-refractivity contribution is 0.0947. The monoisotopic (exact) mass is 319 g/mol. The summed E-state index contributed by atoms with van der Waals surface area (Å²) in [5.74, 6) is -0.888. The number of carbonyl (C=O) groups is 1. The van der Waals surface area contributed by atoms with E-state index in [-0.39, 0.29) is 23.2 Å². The Balaban J connectivity index is 1.80. The molecular weight excluding hydrogens is 309 g/mol. The molecule has 2 heterocycles. The molecule has 0 aliphatic carbocycles. The van der Waals surface area contributed by atoms with E-state index in [1.54, 1.807) is 6.07 Å². The van der Waals surface area contributed by atoms with E-state index in [1.165, 1.54) is 18.5 Å². The molecule has 0 spiro atoms. The Labute approximate surface area is 129 Å². The molecule has 2 N–H and O–H groups in total. The maximum Gasteiger partial charge on any atom is 0.272 e. The predicted molar refractivity (Wildman–Crippen MR) is 79.0 cm³/mol. The number of nitrogens with zero attached hydrogens (tertiary/aromatic N) is 3. The molecule has 1 aromatic carbocycles. The standard InChI is InChI=1S/C14H11ClFN5O/c1-7-11-12(21-20-7)13(19-6-18-11)14(22)17-5-8-2-3-10(16)9(15)4-8/h2-4,6H,5H2,1H3,(H,17,22)(H,20,21). The number of benzene rings is 1. The number of fused-ring (bicyclic) bond motifs is 1. The summed E-state index contributed by atoms with van der Waals surface area (Å²) in [6.07, 6.45) is 1.31. The van der Waals surface area contributed by atoms with Crippen LogP contribution in [0.2, 0.25) is 5.02 Å². The summed E-state index contributed by atoms with van der Waals surface area (Å²) in [5.41, 5.74) is 2.64. The predicted octanol–water partition coefficient (Wildman–Crippen LogP) is 2.38. The number of amides is 1. The summed E-state index contributed by atoms with van der Waals surface area (Å²) >= 11 is 5.70. The minimum atomic E-state index is -0.499. The van der Waals surface area contributed by atoms with Crippen molar-refractivity contribution in [1.29, 1.82) is 0 Å². The highest BCUT2D eigenvalue weighted by Gasteiger charge is 2.16. The van der Waals surface area contributed by atoms with Gasteiger partial charge in [0.15, 0.2) is 5.69 Å². The molecule has 3 rings (SSSR count). The van der Waals surface area contributed by atoms with Crippen molar-refractivity contribution in [2.75, 3.05) is 0 Å². The second kappa shape index (κ2) is 5.69. The number of aryl methyl sites for hydroxylation is 1. The van der Waals surface area contributed by atoms with Crippen molar-refractivity contribution < 1.29 is 9.18 Å². The van der Waals surface area contributed by atoms with Crippen LogP contribution in [0.5, 0.6) is 0 Å². The van der Waals surface area contributed by atoms with Crippen LogP contribution in [0, 0.1) is 12.7 Å². The normalized spacial score (nSPS) is 10.9. The first-order valence-corrected chi connectivity index (χ1v) is 6.82. The lowest BCUT2D eigenvalue weighted by Crippen LogP contribution is -2.24. The third kappa shape index (κ3) is 2.62. The topological polar surface area (TPSA) is 83.6 Å². The quantitative estimate of drug-likeness (QED) is 0.776. The van der Waals surface area contributed by atoms with Crippen LogP contribution in [-0.4, -0.2) is 26.1 Å². The first-order chi connectivity index (χ1) is 10.6. The number of nitrogens with one attached hydrogen (secondary N) is 2. The third-order valence-electron chi connectivity index (χ3n) is 3.17. The van der Waals surface area contributed by atoms with E-state index >= 15 is 0 Å². The van der Waals surface area contributed by atoms with Crippen LogP contribution < -0.4 is 5.32 Å². The molecule has 0 saturated carbocycles. The number of hydrogen-bond donors (Lipinski definition) is 2. The van der Waals surface area contributed by atoms with Crippen LogP contribution in [-0.2, 0) is 6.54 Å². The number of carbonyl (C=O) groups excluding carboxylic acids is 1. The van der Waals surface area contributed by atoms with E-state index in [2.05, 4.69) is 25.5 Å². The zero-order chi connectivity index (χ0) is 15.7. The van der Waals surface area contributed by atoms with Gasteiger partial charge in [-0.05, 0) is 24.6 Å². The van der Waals surface area contributed by atoms with Gasteiger partial charge >= 0.3 is 0 Å². The number of aromatic nitrogens is 4. The van der Waals surface area contributed by atoms with E-state index < -0.39 is 5.82 Å². The summed E-state index contributed by atoms with van der Waals surface area (Å²) < 4.78 is 13.1. The fourth-order valence-corrected chi connectivity index (χ4v) is 2.24. The lowest BCUT2D eigenvalue weighted by Gasteiger charge is -2.06. The molecule has 0 saturated heterocycles. The largest absolute Gasteiger partial charge is 0.347 e. The van der Waals surface area contributed by atoms with Crippen LogP contribution >= 0.6 is 11.6 Å². The maximum atomic E-state index is 13.1. The second-order valence-corrected chi connectivity index (χ2v) is 5.11. The summed E-state index contributed by atoms with van der Waals surface area (Å²) in [4.78, 5) is 20.3. The van der Waals surface area contributed by atoms with Gasteiger partial charge in [-0.3, -0.25) is 9.89 Å². The molecule has 0 unspecified atom stereocenters. The number of H-pyrrole nitrogens is 1. The van der Waals surface area contributed by atoms with Crippen LogP contribution in [0.1, 0.15) is 21.7 Å². The minimum Gasteiger partial charge on any atom is -0.347 e. The molecule has 0 radical (unpaired) electrons. The van der Waals surface area contributed by atoms with Crippen molar-refractivity contribution in [2.45, 2.75) is 13.5 Å². The van der Waals surface area contributed by atoms with Gasteiger partial charge in [-0.15, -0.1) is 0 Å². The molecule has 0 aliphatic rings. The number of halogens is 2. The smallest absolute Gasteiger partial charge is 0.272 e. The highest BCUT2D eigenvalue weighted by atomic mass is 35.5. The zero-order valence-electron chi connectivity index (χ0n) is 11.5. The maximum absolute atomic E-state index is 13.1. The Bertz CT molecular complexity index is 864. The SMILES string of the molecule is Cc1[nH]nc2c(C(=O)NCc3ccc(F)c(Cl)c3)ncnc12. The van der Waals surface area contributed by atoms with E-state index in [9.17, 15) is 9.18 Å². The molecule has 0 aliphatic heterocycles. The van der Waals surface area contributed by atoms with Crippen LogP contribution in [0.25, 0.3) is 11.0 Å². The second-order valence-electron chi connectivity index (χ2n) is 4.70. The Kier molecular flexibility index (Phi) is 3.72. The Hall–Kier alpha value is -2.54. The van der Waals surface area contributed by atoms with Crippen molar-refractivity contribution in [3.63, 3.8) is 0 Å². The summed E-state index contributed by atoms with van der Waals surface area (Å²) in [6, 6.07) is 4.27. The molecule has 2 aromatic heterocycles. The molecular formula is C14H11ClFN5O. The fraction of sp³-hybridized carbons (Fsp3) is 0.143. The highest BCUT2D eigenvalue weighted by molar-refractivity contribution is 6.30. The van der Waals surface area contributed by atoms with Gasteiger partial charge in [-0.25, -0.2) is 14.4 Å². The van der Waals surface area contributed by atoms with Gasteiger partial charge in [0.05, 0.1) is 10.7 Å². The van der Waals surface area contributed by atoms with E-state index in [4.69, 9.17) is 11.6 Å². The summed E-state index contributed by atoms with van der Waals surface area (Å²) in [5, 5.41) is 9.52. The molecule has 8 heteroatoms. The number of aromatic amines is 1. The molecule has 0 fully saturated rings. The molecule has 3 aromatic rings. The van der Waals surface area contributed by atoms with Crippen LogP contribution in [0.4, 0.5) is 4.39 Å². The van der Waals surface area contributed by atoms with Crippen molar-refractivity contribution in [1.82, 2.24) is 25.5 Å². The van der Waals surface area contributed by atoms with Crippen LogP contribution in [0.3, 0.4) is 0 Å². The minimum absolute atomic E-state index is 0.0131. The van der Waals surface area contributed by atoms with Gasteiger partial charge < -0.3 is 5.32 Å². The van der Waals surface area contributed by atoms with Gasteiger partial charge in [0.2, 0.25) is 0 Å². The molecule has 0 bridgehead atoms. The van der Waals surface area contributed by atoms with Gasteiger partial charge in [0.25, 0.3) is 5.91 Å². The van der Waals surface area contributed by atoms with E-state index in [0.29, 0.717) is 16.6 Å². The van der Waals surface area contributed by atoms with E-state index in [0.717, 1.165) is 5.69 Å². The Morgan fingerprint density at radius 3 is 2.95 bits per heavy atom. The molecule has 6 nitrogen and oxygen atoms in total. The zero-order valence-corrected chi connectivity index (χ0v) is 12.3. The average molecular weight is 320 g/mol. The number of rotatable bonds is 3. The molecule has 0 atom stereocenters. The first-order valence-electron chi connectivity index (χ1n) is 6.44. The van der Waals surface area contributed by atoms with Crippen molar-refractivity contribution in [2.24, 2.45) is 0 Å². The van der Waals surface area contributed by atoms with Gasteiger partial charge in [0.1, 0.15) is 23.2 Å². The van der Waals surface area contributed by atoms with Gasteiger partial charge in [0, 0.05) is 6.54 Å². The molecule has 112 valence electrons. The fourth-order valence-electron chi connectivity index (χ4n) is 2.03. The van der Waals surface area contributed by atoms with Gasteiger partial charge in [-0.1, -0.05) is 17.7 Å². The van der Waals surface area contributed by atoms with Crippen molar-refractivity contribution >= 4 is 28.5 Å². The van der Waals surface area contributed by atoms with Gasteiger partial charge in [-0.2, -0.15) is 5.10 Å². The van der Waals surface area contributed by atoms with Crippen LogP contribution in [0.15, 0.2) is 24.5 Å². The highest BCUT2D eigenvalue weighted by Crippen LogP contribution is 2.17. The molecule has 22 heavy (non-hydrogen) atoms. The first kappa shape index (κ1) is 14.4. The van der Waals surface area contributed by atoms with Crippen molar-refractivity contribution in [3.8, 4) is 0 Å². The average Bonchev–Trinajstić information content (AvgIpc) is 2.90. The lowest BCUT2D eigenvalue weighted by atomic mass is 10.2. The Morgan fingerprint density at radius 1 is 1.36 bits per heavy atom.